The van der Waals surface area contributed by atoms with E-state index in [4.69, 9.17) is 9.84 Å². The van der Waals surface area contributed by atoms with E-state index < -0.39 is 31.3 Å². The van der Waals surface area contributed by atoms with Gasteiger partial charge in [-0.15, -0.1) is 0 Å². The first-order valence-electron chi connectivity index (χ1n) is 9.18. The Morgan fingerprint density at radius 1 is 1.21 bits per heavy atom. The first kappa shape index (κ1) is 20.4. The highest BCUT2D eigenvalue weighted by atomic mass is 31.2. The van der Waals surface area contributed by atoms with Crippen LogP contribution in [0.3, 0.4) is 0 Å². The van der Waals surface area contributed by atoms with Crippen molar-refractivity contribution in [1.82, 2.24) is 10.0 Å². The van der Waals surface area contributed by atoms with E-state index in [1.165, 1.54) is 0 Å². The van der Waals surface area contributed by atoms with Crippen molar-refractivity contribution in [1.29, 1.82) is 0 Å². The number of rotatable bonds is 5. The molecule has 0 aliphatic carbocycles. The lowest BCUT2D eigenvalue weighted by molar-refractivity contribution is -0.194. The van der Waals surface area contributed by atoms with Crippen LogP contribution in [-0.2, 0) is 25.3 Å². The minimum absolute atomic E-state index is 0.0486. The molecule has 2 N–H and O–H groups in total. The molecule has 2 saturated heterocycles. The van der Waals surface area contributed by atoms with Crippen LogP contribution in [0.4, 0.5) is 4.79 Å². The number of hydrogen-bond donors (Lipinski definition) is 2. The second kappa shape index (κ2) is 8.32. The summed E-state index contributed by atoms with van der Waals surface area (Å²) in [5.41, 5.74) is -0.385. The third kappa shape index (κ3) is 4.36. The summed E-state index contributed by atoms with van der Waals surface area (Å²) >= 11 is 0. The summed E-state index contributed by atoms with van der Waals surface area (Å²) in [6, 6.07) is 9.16. The summed E-state index contributed by atoms with van der Waals surface area (Å²) in [5, 5.41) is 11.1. The predicted molar refractivity (Wildman–Crippen MR) is 98.6 cm³/mol. The highest BCUT2D eigenvalue weighted by molar-refractivity contribution is 7.59. The third-order valence-corrected chi connectivity index (χ3v) is 7.39. The van der Waals surface area contributed by atoms with Crippen LogP contribution in [0.25, 0.3) is 0 Å². The number of fused-ring (bicyclic) bond motifs is 1. The van der Waals surface area contributed by atoms with Crippen LogP contribution in [0.2, 0.25) is 0 Å². The molecule has 1 aromatic rings. The van der Waals surface area contributed by atoms with Crippen LogP contribution in [0.15, 0.2) is 30.3 Å². The number of carboxylic acid groups (broad SMARTS) is 1. The molecular weight excluding hydrogens is 387 g/mol. The third-order valence-electron chi connectivity index (χ3n) is 5.07. The maximum atomic E-state index is 13.1. The van der Waals surface area contributed by atoms with Gasteiger partial charge in [0.25, 0.3) is 5.91 Å². The monoisotopic (exact) mass is 410 g/mol. The van der Waals surface area contributed by atoms with E-state index in [0.29, 0.717) is 12.8 Å². The molecule has 10 heteroatoms. The molecular formula is C18H23N2O7P. The zero-order valence-electron chi connectivity index (χ0n) is 15.3. The predicted octanol–water partition coefficient (Wildman–Crippen LogP) is 2.05. The number of benzene rings is 1. The van der Waals surface area contributed by atoms with Gasteiger partial charge in [-0.1, -0.05) is 30.3 Å². The maximum Gasteiger partial charge on any atom is 0.507 e. The SMILES string of the molecule is O=C(O)OC1CCCN2C(=O)CC[C@H](P(=O)(O)CCc3ccccc3)C(=O)N12. The van der Waals surface area contributed by atoms with Crippen LogP contribution in [0.1, 0.15) is 31.2 Å². The molecule has 152 valence electrons. The van der Waals surface area contributed by atoms with Crippen molar-refractivity contribution in [2.75, 3.05) is 12.7 Å². The van der Waals surface area contributed by atoms with Crippen molar-refractivity contribution in [3.8, 4) is 0 Å². The molecule has 2 fully saturated rings. The fraction of sp³-hybridized carbons (Fsp3) is 0.500. The minimum Gasteiger partial charge on any atom is -0.450 e. The van der Waals surface area contributed by atoms with Crippen molar-refractivity contribution in [3.05, 3.63) is 35.9 Å². The normalized spacial score (nSPS) is 24.9. The largest absolute Gasteiger partial charge is 0.507 e. The molecule has 0 aromatic heterocycles. The number of hydrogen-bond acceptors (Lipinski definition) is 5. The summed E-state index contributed by atoms with van der Waals surface area (Å²) in [5.74, 6) is -1.10. The van der Waals surface area contributed by atoms with Crippen LogP contribution in [0.5, 0.6) is 0 Å². The van der Waals surface area contributed by atoms with Crippen LogP contribution >= 0.6 is 7.37 Å². The Kier molecular flexibility index (Phi) is 6.05. The number of ether oxygens (including phenoxy) is 1. The van der Waals surface area contributed by atoms with E-state index in [9.17, 15) is 23.8 Å². The lowest BCUT2D eigenvalue weighted by Gasteiger charge is -2.42. The fourth-order valence-electron chi connectivity index (χ4n) is 3.66. The Balaban J connectivity index is 1.82. The van der Waals surface area contributed by atoms with E-state index in [0.717, 1.165) is 15.6 Å². The van der Waals surface area contributed by atoms with E-state index in [1.807, 2.05) is 30.3 Å². The number of carbonyl (C=O) groups is 3. The lowest BCUT2D eigenvalue weighted by atomic mass is 10.2. The molecule has 2 aliphatic rings. The molecule has 9 nitrogen and oxygen atoms in total. The van der Waals surface area contributed by atoms with Gasteiger partial charge in [-0.2, -0.15) is 0 Å². The molecule has 3 rings (SSSR count). The van der Waals surface area contributed by atoms with Crippen molar-refractivity contribution in [3.63, 3.8) is 0 Å². The van der Waals surface area contributed by atoms with Crippen LogP contribution in [0, 0.1) is 0 Å². The highest BCUT2D eigenvalue weighted by Gasteiger charge is 2.48. The molecule has 2 heterocycles. The van der Waals surface area contributed by atoms with Gasteiger partial charge in [0.15, 0.2) is 6.23 Å². The van der Waals surface area contributed by atoms with Gasteiger partial charge in [0.05, 0.1) is 0 Å². The van der Waals surface area contributed by atoms with Gasteiger partial charge in [-0.3, -0.25) is 14.2 Å². The van der Waals surface area contributed by atoms with Crippen LogP contribution in [-0.4, -0.2) is 62.6 Å². The first-order valence-corrected chi connectivity index (χ1v) is 11.1. The smallest absolute Gasteiger partial charge is 0.450 e. The summed E-state index contributed by atoms with van der Waals surface area (Å²) in [6.07, 6.45) is -1.90. The van der Waals surface area contributed by atoms with Crippen LogP contribution < -0.4 is 0 Å². The molecule has 3 atom stereocenters. The Morgan fingerprint density at radius 2 is 1.93 bits per heavy atom. The number of amides is 2. The van der Waals surface area contributed by atoms with Crippen molar-refractivity contribution in [2.45, 2.75) is 44.0 Å². The van der Waals surface area contributed by atoms with Crippen molar-refractivity contribution < 1.29 is 33.7 Å². The zero-order valence-corrected chi connectivity index (χ0v) is 16.2. The molecule has 2 unspecified atom stereocenters. The number of nitrogens with zero attached hydrogens (tertiary/aromatic N) is 2. The zero-order chi connectivity index (χ0) is 20.3. The Morgan fingerprint density at radius 3 is 2.61 bits per heavy atom. The second-order valence-corrected chi connectivity index (χ2v) is 9.53. The molecule has 0 spiro atoms. The van der Waals surface area contributed by atoms with Gasteiger partial charge >= 0.3 is 6.16 Å². The second-order valence-electron chi connectivity index (χ2n) is 6.95. The number of aryl methyl sites for hydroxylation is 1. The summed E-state index contributed by atoms with van der Waals surface area (Å²) in [4.78, 5) is 47.2. The summed E-state index contributed by atoms with van der Waals surface area (Å²) < 4.78 is 17.8. The van der Waals surface area contributed by atoms with Gasteiger partial charge in [-0.05, 0) is 24.8 Å². The standard InChI is InChI=1S/C18H23N2O7P/c21-15-9-8-14(28(25,26)12-10-13-5-2-1-3-6-13)17(22)20-16(27-18(23)24)7-4-11-19(15)20/h1-3,5-6,14,16H,4,7-12H2,(H,23,24)(H,25,26)/t14-,16?/m0/s1. The lowest BCUT2D eigenvalue weighted by Crippen LogP contribution is -2.59. The van der Waals surface area contributed by atoms with Gasteiger partial charge in [-0.25, -0.2) is 14.8 Å². The Labute approximate surface area is 162 Å². The molecule has 2 amide bonds. The molecule has 2 aliphatic heterocycles. The van der Waals surface area contributed by atoms with Gasteiger partial charge in [0.2, 0.25) is 13.3 Å². The van der Waals surface area contributed by atoms with E-state index in [-0.39, 0.29) is 37.9 Å². The molecule has 1 aromatic carbocycles. The topological polar surface area (TPSA) is 124 Å². The quantitative estimate of drug-likeness (QED) is 0.562. The van der Waals surface area contributed by atoms with Crippen molar-refractivity contribution >= 4 is 25.3 Å². The van der Waals surface area contributed by atoms with E-state index >= 15 is 0 Å². The molecule has 0 saturated carbocycles. The summed E-state index contributed by atoms with van der Waals surface area (Å²) in [6.45, 7) is 0.247. The average molecular weight is 410 g/mol. The molecule has 28 heavy (non-hydrogen) atoms. The van der Waals surface area contributed by atoms with Gasteiger partial charge in [0.1, 0.15) is 5.66 Å². The maximum absolute atomic E-state index is 13.1. The first-order chi connectivity index (χ1) is 13.3. The number of hydrazine groups is 1. The number of carbonyl (C=O) groups excluding carboxylic acids is 2. The van der Waals surface area contributed by atoms with E-state index in [2.05, 4.69) is 0 Å². The fourth-order valence-corrected chi connectivity index (χ4v) is 5.55. The average Bonchev–Trinajstić information content (AvgIpc) is 2.78. The Hall–Kier alpha value is -2.38. The Bertz CT molecular complexity index is 800. The molecule has 0 radical (unpaired) electrons. The summed E-state index contributed by atoms with van der Waals surface area (Å²) in [7, 11) is -3.94. The van der Waals surface area contributed by atoms with Gasteiger partial charge < -0.3 is 14.7 Å². The molecule has 0 bridgehead atoms. The minimum atomic E-state index is -3.94. The van der Waals surface area contributed by atoms with E-state index in [1.54, 1.807) is 0 Å². The van der Waals surface area contributed by atoms with Crippen molar-refractivity contribution in [2.24, 2.45) is 0 Å². The van der Waals surface area contributed by atoms with Gasteiger partial charge in [0, 0.05) is 25.5 Å². The highest BCUT2D eigenvalue weighted by Crippen LogP contribution is 2.50.